The topological polar surface area (TPSA) is 79.5 Å². The molecule has 94 valence electrons. The van der Waals surface area contributed by atoms with Crippen LogP contribution >= 0.6 is 24.4 Å². The molecular weight excluding hydrogens is 268 g/mol. The van der Waals surface area contributed by atoms with Crippen molar-refractivity contribution in [2.75, 3.05) is 5.32 Å². The Bertz CT molecular complexity index is 496. The molecule has 7 heteroatoms. The Hall–Kier alpha value is -1.86. The molecule has 5 nitrogen and oxygen atoms in total. The third-order valence-electron chi connectivity index (χ3n) is 1.79. The summed E-state index contributed by atoms with van der Waals surface area (Å²) in [5, 5.41) is 5.49. The predicted octanol–water partition coefficient (Wildman–Crippen LogP) is 1.18. The third kappa shape index (κ3) is 5.46. The summed E-state index contributed by atoms with van der Waals surface area (Å²) in [6.07, 6.45) is 1.57. The number of hydrogen-bond donors (Lipinski definition) is 3. The van der Waals surface area contributed by atoms with Gasteiger partial charge < -0.3 is 16.4 Å². The van der Waals surface area contributed by atoms with Crippen LogP contribution in [-0.4, -0.2) is 22.3 Å². The minimum atomic E-state index is -0.113. The van der Waals surface area contributed by atoms with Crippen molar-refractivity contribution in [3.63, 3.8) is 0 Å². The minimum Gasteiger partial charge on any atom is -0.376 e. The normalized spacial score (nSPS) is 10.1. The van der Waals surface area contributed by atoms with Gasteiger partial charge in [-0.15, -0.1) is 0 Å². The molecule has 1 aromatic rings. The van der Waals surface area contributed by atoms with Gasteiger partial charge in [-0.3, -0.25) is 4.79 Å². The second kappa shape index (κ2) is 6.77. The summed E-state index contributed by atoms with van der Waals surface area (Å²) >= 11 is 9.50. The van der Waals surface area contributed by atoms with Crippen molar-refractivity contribution in [1.29, 1.82) is 0 Å². The van der Waals surface area contributed by atoms with Gasteiger partial charge in [-0.05, 0) is 42.1 Å². The number of nitrogens with zero attached hydrogens (tertiary/aromatic N) is 1. The van der Waals surface area contributed by atoms with Crippen LogP contribution < -0.4 is 16.4 Å². The molecule has 0 aliphatic heterocycles. The number of aliphatic imine (C=N–C) groups is 1. The number of rotatable bonds is 2. The quantitative estimate of drug-likeness (QED) is 0.560. The Morgan fingerprint density at radius 1 is 1.33 bits per heavy atom. The zero-order valence-electron chi connectivity index (χ0n) is 9.64. The Morgan fingerprint density at radius 3 is 2.44 bits per heavy atom. The van der Waals surface area contributed by atoms with Gasteiger partial charge in [0.05, 0.1) is 0 Å². The molecule has 1 rings (SSSR count). The van der Waals surface area contributed by atoms with Crippen LogP contribution in [0.25, 0.3) is 0 Å². The smallest absolute Gasteiger partial charge is 0.221 e. The van der Waals surface area contributed by atoms with Gasteiger partial charge in [-0.2, -0.15) is 0 Å². The number of carbonyl (C=O) groups is 1. The molecule has 1 amide bonds. The molecule has 0 spiro atoms. The molecule has 0 fully saturated rings. The van der Waals surface area contributed by atoms with E-state index in [1.807, 2.05) is 0 Å². The van der Waals surface area contributed by atoms with Gasteiger partial charge in [-0.25, -0.2) is 4.99 Å². The highest BCUT2D eigenvalue weighted by atomic mass is 32.1. The fourth-order valence-corrected chi connectivity index (χ4v) is 1.45. The van der Waals surface area contributed by atoms with Gasteiger partial charge in [0, 0.05) is 18.8 Å². The van der Waals surface area contributed by atoms with Crippen LogP contribution in [0.2, 0.25) is 0 Å². The second-order valence-electron chi connectivity index (χ2n) is 3.36. The number of hydrogen-bond acceptors (Lipinski definition) is 3. The van der Waals surface area contributed by atoms with Gasteiger partial charge in [-0.1, -0.05) is 12.1 Å². The van der Waals surface area contributed by atoms with E-state index >= 15 is 0 Å². The van der Waals surface area contributed by atoms with Crippen LogP contribution in [0, 0.1) is 0 Å². The second-order valence-corrected chi connectivity index (χ2v) is 4.18. The largest absolute Gasteiger partial charge is 0.376 e. The van der Waals surface area contributed by atoms with E-state index in [9.17, 15) is 4.79 Å². The van der Waals surface area contributed by atoms with E-state index in [2.05, 4.69) is 27.8 Å². The van der Waals surface area contributed by atoms with Crippen LogP contribution in [0.4, 0.5) is 5.69 Å². The lowest BCUT2D eigenvalue weighted by Crippen LogP contribution is -2.32. The van der Waals surface area contributed by atoms with Crippen LogP contribution in [-0.2, 0) is 4.79 Å². The lowest BCUT2D eigenvalue weighted by molar-refractivity contribution is -0.114. The zero-order chi connectivity index (χ0) is 13.5. The summed E-state index contributed by atoms with van der Waals surface area (Å²) < 4.78 is 0. The summed E-state index contributed by atoms with van der Waals surface area (Å²) in [6, 6.07) is 7.15. The summed E-state index contributed by atoms with van der Waals surface area (Å²) in [5.41, 5.74) is 6.82. The van der Waals surface area contributed by atoms with Gasteiger partial charge in [0.1, 0.15) is 0 Å². The minimum absolute atomic E-state index is 0.0816. The molecule has 0 saturated carbocycles. The molecule has 0 aromatic heterocycles. The molecule has 4 N–H and O–H groups in total. The molecular formula is C11H12N4OS2. The Labute approximate surface area is 115 Å². The van der Waals surface area contributed by atoms with Crippen molar-refractivity contribution in [3.8, 4) is 0 Å². The molecule has 0 radical (unpaired) electrons. The first-order valence-electron chi connectivity index (χ1n) is 4.99. The highest BCUT2D eigenvalue weighted by Gasteiger charge is 1.96. The Kier molecular flexibility index (Phi) is 5.34. The molecule has 0 saturated heterocycles. The molecule has 18 heavy (non-hydrogen) atoms. The highest BCUT2D eigenvalue weighted by Crippen LogP contribution is 2.07. The lowest BCUT2D eigenvalue weighted by Gasteiger charge is -2.02. The predicted molar refractivity (Wildman–Crippen MR) is 80.9 cm³/mol. The Balaban J connectivity index is 2.63. The van der Waals surface area contributed by atoms with Crippen LogP contribution in [0.5, 0.6) is 0 Å². The first kappa shape index (κ1) is 14.2. The highest BCUT2D eigenvalue weighted by molar-refractivity contribution is 7.81. The van der Waals surface area contributed by atoms with Gasteiger partial charge >= 0.3 is 0 Å². The van der Waals surface area contributed by atoms with E-state index < -0.39 is 0 Å². The number of benzene rings is 1. The monoisotopic (exact) mass is 280 g/mol. The maximum Gasteiger partial charge on any atom is 0.221 e. The summed E-state index contributed by atoms with van der Waals surface area (Å²) in [6.45, 7) is 1.45. The number of anilines is 1. The number of amides is 1. The maximum absolute atomic E-state index is 10.8. The zero-order valence-corrected chi connectivity index (χ0v) is 11.3. The molecule has 0 atom stereocenters. The van der Waals surface area contributed by atoms with E-state index in [4.69, 9.17) is 18.0 Å². The fraction of sp³-hybridized carbons (Fsp3) is 0.0909. The van der Waals surface area contributed by atoms with E-state index in [-0.39, 0.29) is 16.1 Å². The standard InChI is InChI=1S/C11H12N4OS2/c1-7(16)14-9-4-2-8(3-5-9)6-13-11(18)15-10(12)17/h2-6H,1H3,(H,14,16)(H3,12,15,17,18). The molecule has 1 aromatic carbocycles. The van der Waals surface area contributed by atoms with Crippen molar-refractivity contribution in [1.82, 2.24) is 5.32 Å². The van der Waals surface area contributed by atoms with Crippen molar-refractivity contribution in [2.45, 2.75) is 6.92 Å². The van der Waals surface area contributed by atoms with E-state index in [0.29, 0.717) is 0 Å². The van der Waals surface area contributed by atoms with E-state index in [1.165, 1.54) is 6.92 Å². The van der Waals surface area contributed by atoms with Crippen LogP contribution in [0.15, 0.2) is 29.3 Å². The lowest BCUT2D eigenvalue weighted by atomic mass is 10.2. The summed E-state index contributed by atoms with van der Waals surface area (Å²) in [4.78, 5) is 14.8. The van der Waals surface area contributed by atoms with Crippen molar-refractivity contribution in [2.24, 2.45) is 10.7 Å². The molecule has 0 heterocycles. The number of carbonyl (C=O) groups excluding carboxylic acids is 1. The number of thiocarbonyl (C=S) groups is 2. The first-order valence-corrected chi connectivity index (χ1v) is 5.81. The molecule has 0 bridgehead atoms. The van der Waals surface area contributed by atoms with Gasteiger partial charge in [0.25, 0.3) is 0 Å². The summed E-state index contributed by atoms with van der Waals surface area (Å²) in [7, 11) is 0. The van der Waals surface area contributed by atoms with Crippen LogP contribution in [0.1, 0.15) is 12.5 Å². The SMILES string of the molecule is CC(=O)Nc1ccc(C=NC(=S)NC(N)=S)cc1. The number of nitrogens with one attached hydrogen (secondary N) is 2. The van der Waals surface area contributed by atoms with Crippen molar-refractivity contribution in [3.05, 3.63) is 29.8 Å². The van der Waals surface area contributed by atoms with E-state index in [1.54, 1.807) is 30.5 Å². The van der Waals surface area contributed by atoms with Gasteiger partial charge in [0.15, 0.2) is 10.2 Å². The van der Waals surface area contributed by atoms with Gasteiger partial charge in [0.2, 0.25) is 5.91 Å². The fourth-order valence-electron chi connectivity index (χ4n) is 1.13. The van der Waals surface area contributed by atoms with E-state index in [0.717, 1.165) is 11.3 Å². The molecule has 0 unspecified atom stereocenters. The average Bonchev–Trinajstić information content (AvgIpc) is 2.26. The molecule has 0 aliphatic carbocycles. The first-order chi connectivity index (χ1) is 8.47. The molecule has 0 aliphatic rings. The van der Waals surface area contributed by atoms with Crippen molar-refractivity contribution < 1.29 is 4.79 Å². The maximum atomic E-state index is 10.8. The Morgan fingerprint density at radius 2 is 1.94 bits per heavy atom. The van der Waals surface area contributed by atoms with Crippen LogP contribution in [0.3, 0.4) is 0 Å². The average molecular weight is 280 g/mol. The van der Waals surface area contributed by atoms with Crippen molar-refractivity contribution >= 4 is 52.5 Å². The summed E-state index contributed by atoms with van der Waals surface area (Å²) in [5.74, 6) is -0.113. The number of nitrogens with two attached hydrogens (primary N) is 1. The third-order valence-corrected chi connectivity index (χ3v) is 2.10.